The van der Waals surface area contributed by atoms with Gasteiger partial charge in [-0.15, -0.1) is 6.58 Å². The number of hydrogen-bond acceptors (Lipinski definition) is 5. The molecule has 0 aliphatic carbocycles. The largest absolute Gasteiger partial charge is 1.00 e. The van der Waals surface area contributed by atoms with Crippen LogP contribution < -0.4 is 69.3 Å². The van der Waals surface area contributed by atoms with Gasteiger partial charge in [-0.25, -0.2) is 0 Å². The molecule has 0 bridgehead atoms. The van der Waals surface area contributed by atoms with Gasteiger partial charge in [0, 0.05) is 13.1 Å². The molecular weight excluding hydrogens is 280 g/mol. The fourth-order valence-electron chi connectivity index (χ4n) is 1.63. The van der Waals surface area contributed by atoms with E-state index in [1.54, 1.807) is 24.3 Å². The van der Waals surface area contributed by atoms with Crippen molar-refractivity contribution in [2.24, 2.45) is 0 Å². The number of nitrogens with zero attached hydrogens (tertiary/aromatic N) is 1. The molecule has 0 heterocycles. The minimum absolute atomic E-state index is 0. The summed E-state index contributed by atoms with van der Waals surface area (Å²) in [6, 6.07) is 7.78. The van der Waals surface area contributed by atoms with E-state index in [1.807, 2.05) is 6.07 Å². The maximum atomic E-state index is 10.9. The second-order valence-electron chi connectivity index (χ2n) is 3.76. The number of aliphatic carboxylic acids is 2. The molecule has 0 amide bonds. The summed E-state index contributed by atoms with van der Waals surface area (Å²) < 4.78 is 0. The van der Waals surface area contributed by atoms with E-state index < -0.39 is 24.5 Å². The third-order valence-electron chi connectivity index (χ3n) is 2.42. The van der Waals surface area contributed by atoms with Crippen molar-refractivity contribution >= 4 is 11.9 Å². The van der Waals surface area contributed by atoms with Gasteiger partial charge in [-0.05, 0) is 5.56 Å². The van der Waals surface area contributed by atoms with Crippen molar-refractivity contribution in [3.8, 4) is 0 Å². The number of carboxylic acid groups (broad SMARTS) is 2. The van der Waals surface area contributed by atoms with Crippen molar-refractivity contribution in [2.45, 2.75) is 12.6 Å². The van der Waals surface area contributed by atoms with E-state index in [1.165, 1.54) is 4.90 Å². The molecule has 1 atom stereocenters. The molecular formula is C13H13NNa2O4. The molecule has 0 spiro atoms. The van der Waals surface area contributed by atoms with Gasteiger partial charge in [0.25, 0.3) is 0 Å². The van der Waals surface area contributed by atoms with E-state index in [2.05, 4.69) is 6.58 Å². The zero-order valence-corrected chi connectivity index (χ0v) is 15.7. The van der Waals surface area contributed by atoms with E-state index in [-0.39, 0.29) is 65.7 Å². The Hall–Kier alpha value is -0.140. The van der Waals surface area contributed by atoms with Crippen LogP contribution in [0.2, 0.25) is 0 Å². The zero-order valence-electron chi connectivity index (χ0n) is 11.7. The van der Waals surface area contributed by atoms with Crippen LogP contribution in [-0.4, -0.2) is 29.4 Å². The summed E-state index contributed by atoms with van der Waals surface area (Å²) in [5.74, 6) is -2.73. The van der Waals surface area contributed by atoms with Crippen LogP contribution in [0.25, 0.3) is 0 Å². The smallest absolute Gasteiger partial charge is 0.549 e. The molecule has 20 heavy (non-hydrogen) atoms. The molecule has 0 fully saturated rings. The Kier molecular flexibility index (Phi) is 12.7. The third kappa shape index (κ3) is 7.59. The monoisotopic (exact) mass is 293 g/mol. The summed E-state index contributed by atoms with van der Waals surface area (Å²) in [6.07, 6.45) is 1.14. The fraction of sp³-hybridized carbons (Fsp3) is 0.231. The average molecular weight is 293 g/mol. The van der Waals surface area contributed by atoms with Crippen molar-refractivity contribution in [1.82, 2.24) is 4.90 Å². The van der Waals surface area contributed by atoms with Crippen LogP contribution in [0, 0.1) is 0 Å². The SMILES string of the molecule is C=CC(C(=O)[O-])N(CC(=O)[O-])Cc1ccccc1.[Na+].[Na+]. The average Bonchev–Trinajstić information content (AvgIpc) is 2.29. The Morgan fingerprint density at radius 1 is 1.20 bits per heavy atom. The van der Waals surface area contributed by atoms with Crippen molar-refractivity contribution in [1.29, 1.82) is 0 Å². The van der Waals surface area contributed by atoms with Crippen LogP contribution in [0.15, 0.2) is 43.0 Å². The Morgan fingerprint density at radius 2 is 1.75 bits per heavy atom. The molecule has 0 saturated carbocycles. The maximum Gasteiger partial charge on any atom is 1.00 e. The zero-order chi connectivity index (χ0) is 13.5. The standard InChI is InChI=1S/C13H15NO4.2Na/c1-2-11(13(17)18)14(9-12(15)16)8-10-6-4-3-5-7-10;;/h2-7,11H,1,8-9H2,(H,15,16)(H,17,18);;/q;2*+1/p-2. The molecule has 5 nitrogen and oxygen atoms in total. The number of hydrogen-bond donors (Lipinski definition) is 0. The number of carboxylic acids is 2. The van der Waals surface area contributed by atoms with Crippen LogP contribution in [-0.2, 0) is 16.1 Å². The molecule has 1 aromatic carbocycles. The molecule has 0 radical (unpaired) electrons. The van der Waals surface area contributed by atoms with E-state index in [0.29, 0.717) is 0 Å². The Bertz CT molecular complexity index is 439. The first-order chi connectivity index (χ1) is 8.54. The molecule has 0 aromatic heterocycles. The second kappa shape index (κ2) is 11.5. The summed E-state index contributed by atoms with van der Waals surface area (Å²) in [5.41, 5.74) is 0.798. The summed E-state index contributed by atoms with van der Waals surface area (Å²) >= 11 is 0. The van der Waals surface area contributed by atoms with Gasteiger partial charge in [0.15, 0.2) is 0 Å². The normalized spacial score (nSPS) is 10.8. The predicted molar refractivity (Wildman–Crippen MR) is 60.9 cm³/mol. The summed E-state index contributed by atoms with van der Waals surface area (Å²) in [4.78, 5) is 22.8. The topological polar surface area (TPSA) is 83.5 Å². The van der Waals surface area contributed by atoms with Gasteiger partial charge in [-0.1, -0.05) is 36.4 Å². The quantitative estimate of drug-likeness (QED) is 0.368. The van der Waals surface area contributed by atoms with E-state index in [0.717, 1.165) is 11.6 Å². The van der Waals surface area contributed by atoms with Gasteiger partial charge in [0.1, 0.15) is 0 Å². The molecule has 1 unspecified atom stereocenters. The minimum atomic E-state index is -1.39. The van der Waals surface area contributed by atoms with Crippen molar-refractivity contribution < 1.29 is 78.9 Å². The van der Waals surface area contributed by atoms with Gasteiger partial charge < -0.3 is 19.8 Å². The summed E-state index contributed by atoms with van der Waals surface area (Å²) in [5, 5.41) is 21.5. The Labute approximate surface area is 162 Å². The van der Waals surface area contributed by atoms with Gasteiger partial charge in [-0.2, -0.15) is 0 Å². The van der Waals surface area contributed by atoms with Gasteiger partial charge in [-0.3, -0.25) is 4.90 Å². The van der Waals surface area contributed by atoms with Crippen molar-refractivity contribution in [3.63, 3.8) is 0 Å². The van der Waals surface area contributed by atoms with Crippen LogP contribution in [0.1, 0.15) is 5.56 Å². The number of rotatable bonds is 7. The first-order valence-corrected chi connectivity index (χ1v) is 5.36. The summed E-state index contributed by atoms with van der Waals surface area (Å²) in [6.45, 7) is 3.04. The Balaban J connectivity index is 0. The first kappa shape index (κ1) is 22.1. The van der Waals surface area contributed by atoms with Crippen LogP contribution in [0.5, 0.6) is 0 Å². The molecule has 0 aliphatic rings. The number of carbonyl (C=O) groups excluding carboxylic acids is 2. The van der Waals surface area contributed by atoms with Gasteiger partial charge in [0.05, 0.1) is 18.0 Å². The fourth-order valence-corrected chi connectivity index (χ4v) is 1.63. The van der Waals surface area contributed by atoms with E-state index in [4.69, 9.17) is 0 Å². The molecule has 1 aromatic rings. The minimum Gasteiger partial charge on any atom is -0.549 e. The first-order valence-electron chi connectivity index (χ1n) is 5.36. The number of benzene rings is 1. The van der Waals surface area contributed by atoms with Crippen LogP contribution in [0.3, 0.4) is 0 Å². The molecule has 7 heteroatoms. The summed E-state index contributed by atoms with van der Waals surface area (Å²) in [7, 11) is 0. The Morgan fingerprint density at radius 3 is 2.15 bits per heavy atom. The molecule has 1 rings (SSSR count). The molecule has 0 N–H and O–H groups in total. The molecule has 0 aliphatic heterocycles. The van der Waals surface area contributed by atoms with Crippen LogP contribution >= 0.6 is 0 Å². The molecule has 96 valence electrons. The molecule has 0 saturated heterocycles. The maximum absolute atomic E-state index is 10.9. The number of carbonyl (C=O) groups is 2. The predicted octanol–water partition coefficient (Wildman–Crippen LogP) is -7.45. The van der Waals surface area contributed by atoms with Crippen molar-refractivity contribution in [3.05, 3.63) is 48.6 Å². The third-order valence-corrected chi connectivity index (χ3v) is 2.42. The van der Waals surface area contributed by atoms with Crippen molar-refractivity contribution in [2.75, 3.05) is 6.54 Å². The second-order valence-corrected chi connectivity index (χ2v) is 3.76. The van der Waals surface area contributed by atoms with Crippen LogP contribution in [0.4, 0.5) is 0 Å². The van der Waals surface area contributed by atoms with Gasteiger partial charge in [0.2, 0.25) is 0 Å². The van der Waals surface area contributed by atoms with Gasteiger partial charge >= 0.3 is 59.1 Å². The van der Waals surface area contributed by atoms with E-state index in [9.17, 15) is 19.8 Å². The van der Waals surface area contributed by atoms with E-state index >= 15 is 0 Å².